The average molecular weight is 368 g/mol. The number of halogens is 1. The maximum atomic E-state index is 12.9. The molecule has 8 heteroatoms. The maximum Gasteiger partial charge on any atom is 0.269 e. The van der Waals surface area contributed by atoms with Crippen molar-refractivity contribution < 1.29 is 13.9 Å². The normalized spacial score (nSPS) is 10.8. The molecule has 0 spiro atoms. The molecule has 0 aliphatic heterocycles. The molecule has 1 aromatic carbocycles. The van der Waals surface area contributed by atoms with Crippen molar-refractivity contribution in [3.05, 3.63) is 77.6 Å². The van der Waals surface area contributed by atoms with Gasteiger partial charge in [-0.1, -0.05) is 6.07 Å². The van der Waals surface area contributed by atoms with Gasteiger partial charge in [0.2, 0.25) is 5.88 Å². The predicted molar refractivity (Wildman–Crippen MR) is 95.0 cm³/mol. The summed E-state index contributed by atoms with van der Waals surface area (Å²) in [6.07, 6.45) is 4.95. The molecule has 0 saturated heterocycles. The van der Waals surface area contributed by atoms with E-state index in [0.717, 1.165) is 10.4 Å². The van der Waals surface area contributed by atoms with E-state index >= 15 is 0 Å². The van der Waals surface area contributed by atoms with Crippen LogP contribution in [0.4, 0.5) is 4.39 Å². The standard InChI is InChI=1S/C18H13FN4O2S/c19-13-2-4-14(5-3-13)25-16-6-1-12(7-21-16)8-22-18(24)15-10-26-17-9-20-11-23(15)17/h1-7,9-11H,8H2,(H,22,24). The zero-order valence-corrected chi connectivity index (χ0v) is 14.2. The Kier molecular flexibility index (Phi) is 4.32. The molecule has 1 amide bonds. The molecule has 0 atom stereocenters. The number of hydrogen-bond acceptors (Lipinski definition) is 5. The SMILES string of the molecule is O=C(NCc1ccc(Oc2ccc(F)cc2)nc1)c1csc2cncn12. The fourth-order valence-electron chi connectivity index (χ4n) is 2.36. The van der Waals surface area contributed by atoms with Gasteiger partial charge in [-0.25, -0.2) is 14.4 Å². The number of hydrogen-bond donors (Lipinski definition) is 1. The quantitative estimate of drug-likeness (QED) is 0.584. The van der Waals surface area contributed by atoms with Crippen molar-refractivity contribution in [1.82, 2.24) is 19.7 Å². The molecule has 0 aliphatic carbocycles. The number of thiazole rings is 1. The van der Waals surface area contributed by atoms with Gasteiger partial charge in [0.25, 0.3) is 5.91 Å². The highest BCUT2D eigenvalue weighted by molar-refractivity contribution is 7.15. The van der Waals surface area contributed by atoms with E-state index in [2.05, 4.69) is 15.3 Å². The Bertz CT molecular complexity index is 1040. The number of fused-ring (bicyclic) bond motifs is 1. The second-order valence-corrected chi connectivity index (χ2v) is 6.36. The summed E-state index contributed by atoms with van der Waals surface area (Å²) in [6, 6.07) is 9.21. The lowest BCUT2D eigenvalue weighted by atomic mass is 10.3. The van der Waals surface area contributed by atoms with Gasteiger partial charge in [0.15, 0.2) is 0 Å². The third kappa shape index (κ3) is 3.40. The van der Waals surface area contributed by atoms with E-state index in [9.17, 15) is 9.18 Å². The summed E-state index contributed by atoms with van der Waals surface area (Å²) in [4.78, 5) is 21.4. The van der Waals surface area contributed by atoms with Crippen molar-refractivity contribution in [2.24, 2.45) is 0 Å². The van der Waals surface area contributed by atoms with Gasteiger partial charge in [-0.05, 0) is 29.8 Å². The Labute approximate surface area is 151 Å². The molecule has 26 heavy (non-hydrogen) atoms. The largest absolute Gasteiger partial charge is 0.439 e. The van der Waals surface area contributed by atoms with Crippen LogP contribution in [0, 0.1) is 5.82 Å². The minimum absolute atomic E-state index is 0.180. The molecule has 0 saturated carbocycles. The van der Waals surface area contributed by atoms with Gasteiger partial charge in [0.1, 0.15) is 28.4 Å². The highest BCUT2D eigenvalue weighted by Crippen LogP contribution is 2.20. The van der Waals surface area contributed by atoms with E-state index in [-0.39, 0.29) is 11.7 Å². The van der Waals surface area contributed by atoms with E-state index in [1.54, 1.807) is 34.6 Å². The first-order chi connectivity index (χ1) is 12.7. The summed E-state index contributed by atoms with van der Waals surface area (Å²) in [6.45, 7) is 0.342. The molecule has 4 rings (SSSR count). The minimum Gasteiger partial charge on any atom is -0.439 e. The first-order valence-corrected chi connectivity index (χ1v) is 8.63. The number of amides is 1. The molecule has 0 unspecified atom stereocenters. The molecular weight excluding hydrogens is 355 g/mol. The second kappa shape index (κ2) is 6.93. The van der Waals surface area contributed by atoms with Crippen LogP contribution in [0.2, 0.25) is 0 Å². The first-order valence-electron chi connectivity index (χ1n) is 7.75. The number of nitrogens with one attached hydrogen (secondary N) is 1. The van der Waals surface area contributed by atoms with Gasteiger partial charge < -0.3 is 10.1 Å². The van der Waals surface area contributed by atoms with Crippen LogP contribution in [0.15, 0.2) is 60.5 Å². The lowest BCUT2D eigenvalue weighted by molar-refractivity contribution is 0.0945. The highest BCUT2D eigenvalue weighted by atomic mass is 32.1. The van der Waals surface area contributed by atoms with Crippen molar-refractivity contribution in [2.45, 2.75) is 6.54 Å². The summed E-state index contributed by atoms with van der Waals surface area (Å²) in [5, 5.41) is 4.65. The first kappa shape index (κ1) is 16.2. The van der Waals surface area contributed by atoms with Crippen LogP contribution in [-0.4, -0.2) is 20.3 Å². The van der Waals surface area contributed by atoms with Crippen molar-refractivity contribution in [1.29, 1.82) is 0 Å². The van der Waals surface area contributed by atoms with Crippen LogP contribution < -0.4 is 10.1 Å². The molecule has 0 fully saturated rings. The number of imidazole rings is 1. The number of benzene rings is 1. The van der Waals surface area contributed by atoms with Gasteiger partial charge in [-0.15, -0.1) is 11.3 Å². The lowest BCUT2D eigenvalue weighted by Crippen LogP contribution is -2.24. The van der Waals surface area contributed by atoms with Crippen LogP contribution in [0.5, 0.6) is 11.6 Å². The van der Waals surface area contributed by atoms with Crippen LogP contribution >= 0.6 is 11.3 Å². The smallest absolute Gasteiger partial charge is 0.269 e. The van der Waals surface area contributed by atoms with Crippen molar-refractivity contribution in [3.63, 3.8) is 0 Å². The second-order valence-electron chi connectivity index (χ2n) is 5.47. The molecule has 3 heterocycles. The van der Waals surface area contributed by atoms with Crippen molar-refractivity contribution >= 4 is 22.1 Å². The van der Waals surface area contributed by atoms with E-state index in [0.29, 0.717) is 23.9 Å². The number of carbonyl (C=O) groups is 1. The topological polar surface area (TPSA) is 68.5 Å². The molecule has 130 valence electrons. The third-order valence-electron chi connectivity index (χ3n) is 3.67. The number of pyridine rings is 1. The van der Waals surface area contributed by atoms with Crippen LogP contribution in [0.25, 0.3) is 4.83 Å². The molecule has 0 radical (unpaired) electrons. The van der Waals surface area contributed by atoms with Gasteiger partial charge in [-0.3, -0.25) is 9.20 Å². The van der Waals surface area contributed by atoms with E-state index < -0.39 is 0 Å². The third-order valence-corrected chi connectivity index (χ3v) is 4.56. The van der Waals surface area contributed by atoms with Crippen LogP contribution in [-0.2, 0) is 6.54 Å². The molecular formula is C18H13FN4O2S. The Morgan fingerprint density at radius 2 is 2.04 bits per heavy atom. The van der Waals surface area contributed by atoms with Gasteiger partial charge in [0, 0.05) is 24.2 Å². The fourth-order valence-corrected chi connectivity index (χ4v) is 3.19. The Morgan fingerprint density at radius 1 is 1.19 bits per heavy atom. The Hall–Kier alpha value is -3.26. The monoisotopic (exact) mass is 368 g/mol. The number of aromatic nitrogens is 3. The molecule has 1 N–H and O–H groups in total. The predicted octanol–water partition coefficient (Wildman–Crippen LogP) is 3.65. The maximum absolute atomic E-state index is 12.9. The summed E-state index contributed by atoms with van der Waals surface area (Å²) in [7, 11) is 0. The van der Waals surface area contributed by atoms with Gasteiger partial charge in [0.05, 0.1) is 6.20 Å². The highest BCUT2D eigenvalue weighted by Gasteiger charge is 2.12. The molecule has 0 bridgehead atoms. The van der Waals surface area contributed by atoms with E-state index in [4.69, 9.17) is 4.74 Å². The number of nitrogens with zero attached hydrogens (tertiary/aromatic N) is 3. The lowest BCUT2D eigenvalue weighted by Gasteiger charge is -2.07. The minimum atomic E-state index is -0.324. The Balaban J connectivity index is 1.37. The number of carbonyl (C=O) groups excluding carboxylic acids is 1. The van der Waals surface area contributed by atoms with Gasteiger partial charge >= 0.3 is 0 Å². The Morgan fingerprint density at radius 3 is 2.81 bits per heavy atom. The molecule has 0 aliphatic rings. The summed E-state index contributed by atoms with van der Waals surface area (Å²) in [5.74, 6) is 0.391. The zero-order valence-electron chi connectivity index (χ0n) is 13.4. The fraction of sp³-hybridized carbons (Fsp3) is 0.0556. The summed E-state index contributed by atoms with van der Waals surface area (Å²) >= 11 is 1.46. The summed E-state index contributed by atoms with van der Waals surface area (Å²) in [5.41, 5.74) is 1.38. The number of rotatable bonds is 5. The van der Waals surface area contributed by atoms with E-state index in [1.807, 2.05) is 6.07 Å². The van der Waals surface area contributed by atoms with Crippen LogP contribution in [0.3, 0.4) is 0 Å². The van der Waals surface area contributed by atoms with Crippen molar-refractivity contribution in [2.75, 3.05) is 0 Å². The average Bonchev–Trinajstić information content (AvgIpc) is 3.26. The molecule has 3 aromatic heterocycles. The zero-order chi connectivity index (χ0) is 17.9. The number of ether oxygens (including phenoxy) is 1. The van der Waals surface area contributed by atoms with Gasteiger partial charge in [-0.2, -0.15) is 0 Å². The van der Waals surface area contributed by atoms with E-state index in [1.165, 1.54) is 35.6 Å². The summed E-state index contributed by atoms with van der Waals surface area (Å²) < 4.78 is 20.2. The van der Waals surface area contributed by atoms with Crippen LogP contribution in [0.1, 0.15) is 16.1 Å². The van der Waals surface area contributed by atoms with Crippen molar-refractivity contribution in [3.8, 4) is 11.6 Å². The molecule has 6 nitrogen and oxygen atoms in total. The molecule has 4 aromatic rings.